The Balaban J connectivity index is 1.43. The third-order valence-electron chi connectivity index (χ3n) is 5.42. The summed E-state index contributed by atoms with van der Waals surface area (Å²) in [5.41, 5.74) is 6.35. The van der Waals surface area contributed by atoms with E-state index in [0.717, 1.165) is 51.1 Å². The van der Waals surface area contributed by atoms with Gasteiger partial charge in [-0.05, 0) is 54.8 Å². The van der Waals surface area contributed by atoms with Crippen LogP contribution in [0.2, 0.25) is 0 Å². The number of anilines is 1. The number of carbonyl (C=O) groups is 1. The van der Waals surface area contributed by atoms with Gasteiger partial charge in [-0.3, -0.25) is 4.79 Å². The average Bonchev–Trinajstić information content (AvgIpc) is 3.45. The van der Waals surface area contributed by atoms with Crippen molar-refractivity contribution in [2.24, 2.45) is 0 Å². The van der Waals surface area contributed by atoms with Crippen molar-refractivity contribution in [3.8, 4) is 17.2 Å². The van der Waals surface area contributed by atoms with Gasteiger partial charge in [0.15, 0.2) is 11.5 Å². The van der Waals surface area contributed by atoms with Crippen LogP contribution < -0.4 is 14.8 Å². The first-order chi connectivity index (χ1) is 14.6. The molecule has 5 rings (SSSR count). The molecule has 1 aromatic heterocycles. The maximum atomic E-state index is 12.8. The van der Waals surface area contributed by atoms with Crippen molar-refractivity contribution in [1.29, 1.82) is 0 Å². The fraction of sp³-hybridized carbons (Fsp3) is 0.217. The molecule has 0 bridgehead atoms. The number of benzene rings is 2. The second-order valence-corrected chi connectivity index (χ2v) is 8.32. The van der Waals surface area contributed by atoms with E-state index in [-0.39, 0.29) is 12.7 Å². The fourth-order valence-electron chi connectivity index (χ4n) is 3.63. The standard InChI is InChI=1S/C23H21N3O3S/c1-14-4-3-5-19(15(14)2)26-23(17-11-30-12-18(17)25-26)24-22(27)9-7-16-6-8-20-21(10-16)29-13-28-20/h3-10H,11-13H2,1-2H3,(H,24,27)/b9-7+. The summed E-state index contributed by atoms with van der Waals surface area (Å²) in [6.07, 6.45) is 3.30. The Labute approximate surface area is 178 Å². The van der Waals surface area contributed by atoms with Crippen molar-refractivity contribution >= 4 is 29.6 Å². The summed E-state index contributed by atoms with van der Waals surface area (Å²) in [5, 5.41) is 7.86. The Hall–Kier alpha value is -3.19. The van der Waals surface area contributed by atoms with Crippen LogP contribution in [0.3, 0.4) is 0 Å². The molecule has 0 saturated heterocycles. The average molecular weight is 420 g/mol. The molecule has 0 radical (unpaired) electrons. The summed E-state index contributed by atoms with van der Waals surface area (Å²) in [6, 6.07) is 11.7. The number of nitrogens with one attached hydrogen (secondary N) is 1. The summed E-state index contributed by atoms with van der Waals surface area (Å²) < 4.78 is 12.6. The van der Waals surface area contributed by atoms with E-state index in [1.54, 1.807) is 6.08 Å². The molecule has 2 aliphatic rings. The van der Waals surface area contributed by atoms with Crippen molar-refractivity contribution in [1.82, 2.24) is 9.78 Å². The molecule has 2 aliphatic heterocycles. The van der Waals surface area contributed by atoms with Crippen molar-refractivity contribution in [2.75, 3.05) is 12.1 Å². The lowest BCUT2D eigenvalue weighted by Crippen LogP contribution is -2.14. The first-order valence-corrected chi connectivity index (χ1v) is 10.9. The van der Waals surface area contributed by atoms with Gasteiger partial charge in [0.25, 0.3) is 0 Å². The molecule has 3 aromatic rings. The Morgan fingerprint density at radius 1 is 1.17 bits per heavy atom. The summed E-state index contributed by atoms with van der Waals surface area (Å²) in [6.45, 7) is 4.39. The van der Waals surface area contributed by atoms with Crippen LogP contribution in [0.15, 0.2) is 42.5 Å². The van der Waals surface area contributed by atoms with Gasteiger partial charge in [-0.15, -0.1) is 0 Å². The highest BCUT2D eigenvalue weighted by Crippen LogP contribution is 2.37. The second kappa shape index (κ2) is 7.57. The number of fused-ring (bicyclic) bond motifs is 2. The minimum absolute atomic E-state index is 0.196. The van der Waals surface area contributed by atoms with Crippen LogP contribution in [0, 0.1) is 13.8 Å². The number of nitrogens with zero attached hydrogens (tertiary/aromatic N) is 2. The number of hydrogen-bond donors (Lipinski definition) is 1. The molecule has 0 aliphatic carbocycles. The van der Waals surface area contributed by atoms with Crippen LogP contribution in [0.4, 0.5) is 5.82 Å². The minimum atomic E-state index is -0.196. The molecule has 6 nitrogen and oxygen atoms in total. The van der Waals surface area contributed by atoms with E-state index in [4.69, 9.17) is 14.6 Å². The molecule has 0 atom stereocenters. The van der Waals surface area contributed by atoms with Crippen LogP contribution in [0.1, 0.15) is 27.9 Å². The van der Waals surface area contributed by atoms with Gasteiger partial charge in [-0.25, -0.2) is 4.68 Å². The van der Waals surface area contributed by atoms with E-state index in [2.05, 4.69) is 25.2 Å². The van der Waals surface area contributed by atoms with Crippen LogP contribution in [-0.4, -0.2) is 22.5 Å². The molecular weight excluding hydrogens is 398 g/mol. The van der Waals surface area contributed by atoms with E-state index in [1.165, 1.54) is 11.6 Å². The predicted octanol–water partition coefficient (Wildman–Crippen LogP) is 4.62. The largest absolute Gasteiger partial charge is 0.454 e. The first-order valence-electron chi connectivity index (χ1n) is 9.74. The van der Waals surface area contributed by atoms with E-state index in [1.807, 2.05) is 46.8 Å². The highest BCUT2D eigenvalue weighted by Gasteiger charge is 2.25. The lowest BCUT2D eigenvalue weighted by molar-refractivity contribution is -0.111. The highest BCUT2D eigenvalue weighted by molar-refractivity contribution is 7.98. The number of thioether (sulfide) groups is 1. The van der Waals surface area contributed by atoms with Crippen LogP contribution in [0.5, 0.6) is 11.5 Å². The lowest BCUT2D eigenvalue weighted by atomic mass is 10.1. The fourth-order valence-corrected chi connectivity index (χ4v) is 4.66. The Morgan fingerprint density at radius 2 is 2.03 bits per heavy atom. The normalized spacial score (nSPS) is 14.3. The molecule has 30 heavy (non-hydrogen) atoms. The Bertz CT molecular complexity index is 1180. The maximum Gasteiger partial charge on any atom is 0.249 e. The topological polar surface area (TPSA) is 65.4 Å². The lowest BCUT2D eigenvalue weighted by Gasteiger charge is -2.13. The molecule has 2 aromatic carbocycles. The van der Waals surface area contributed by atoms with E-state index in [9.17, 15) is 4.79 Å². The zero-order chi connectivity index (χ0) is 20.7. The van der Waals surface area contributed by atoms with Gasteiger partial charge in [0.1, 0.15) is 5.82 Å². The van der Waals surface area contributed by atoms with Crippen molar-refractivity contribution in [3.63, 3.8) is 0 Å². The van der Waals surface area contributed by atoms with Crippen molar-refractivity contribution in [2.45, 2.75) is 25.4 Å². The number of aromatic nitrogens is 2. The third kappa shape index (κ3) is 3.35. The molecule has 1 amide bonds. The number of rotatable bonds is 4. The zero-order valence-corrected chi connectivity index (χ0v) is 17.6. The van der Waals surface area contributed by atoms with Crippen molar-refractivity contribution < 1.29 is 14.3 Å². The number of carbonyl (C=O) groups excluding carboxylic acids is 1. The highest BCUT2D eigenvalue weighted by atomic mass is 32.2. The predicted molar refractivity (Wildman–Crippen MR) is 118 cm³/mol. The van der Waals surface area contributed by atoms with Gasteiger partial charge in [0.2, 0.25) is 12.7 Å². The summed E-state index contributed by atoms with van der Waals surface area (Å²) in [7, 11) is 0. The number of amides is 1. The smallest absolute Gasteiger partial charge is 0.249 e. The minimum Gasteiger partial charge on any atom is -0.454 e. The molecule has 3 heterocycles. The molecule has 0 unspecified atom stereocenters. The Kier molecular flexibility index (Phi) is 4.75. The second-order valence-electron chi connectivity index (χ2n) is 7.33. The third-order valence-corrected chi connectivity index (χ3v) is 6.39. The molecule has 0 fully saturated rings. The molecule has 1 N–H and O–H groups in total. The van der Waals surface area contributed by atoms with Gasteiger partial charge in [-0.1, -0.05) is 18.2 Å². The summed E-state index contributed by atoms with van der Waals surface area (Å²) >= 11 is 1.81. The SMILES string of the molecule is Cc1cccc(-n2nc3c(c2NC(=O)/C=C/c2ccc4c(c2)OCO4)CSC3)c1C. The molecule has 152 valence electrons. The van der Waals surface area contributed by atoms with Gasteiger partial charge in [0, 0.05) is 23.1 Å². The van der Waals surface area contributed by atoms with E-state index < -0.39 is 0 Å². The molecular formula is C23H21N3O3S. The van der Waals surface area contributed by atoms with Crippen LogP contribution in [0.25, 0.3) is 11.8 Å². The van der Waals surface area contributed by atoms with Crippen molar-refractivity contribution in [3.05, 3.63) is 70.4 Å². The molecule has 0 spiro atoms. The van der Waals surface area contributed by atoms with Crippen LogP contribution in [-0.2, 0) is 16.3 Å². The van der Waals surface area contributed by atoms with Crippen LogP contribution >= 0.6 is 11.8 Å². The number of hydrogen-bond acceptors (Lipinski definition) is 5. The van der Waals surface area contributed by atoms with Gasteiger partial charge >= 0.3 is 0 Å². The zero-order valence-electron chi connectivity index (χ0n) is 16.8. The Morgan fingerprint density at radius 3 is 2.93 bits per heavy atom. The summed E-state index contributed by atoms with van der Waals surface area (Å²) in [5.74, 6) is 3.69. The monoisotopic (exact) mass is 419 g/mol. The van der Waals surface area contributed by atoms with E-state index >= 15 is 0 Å². The molecule has 7 heteroatoms. The van der Waals surface area contributed by atoms with Gasteiger partial charge < -0.3 is 14.8 Å². The number of aryl methyl sites for hydroxylation is 1. The number of ether oxygens (including phenoxy) is 2. The van der Waals surface area contributed by atoms with Gasteiger partial charge in [0.05, 0.1) is 11.4 Å². The van der Waals surface area contributed by atoms with E-state index in [0.29, 0.717) is 5.75 Å². The molecule has 0 saturated carbocycles. The first kappa shape index (κ1) is 18.8. The summed E-state index contributed by atoms with van der Waals surface area (Å²) in [4.78, 5) is 12.8. The quantitative estimate of drug-likeness (QED) is 0.626. The maximum absolute atomic E-state index is 12.8. The van der Waals surface area contributed by atoms with Gasteiger partial charge in [-0.2, -0.15) is 16.9 Å².